The Kier molecular flexibility index (Phi) is 1.95. The monoisotopic (exact) mass is 208 g/mol. The fraction of sp³-hybridized carbons (Fsp3) is 0.667. The average molecular weight is 208 g/mol. The predicted molar refractivity (Wildman–Crippen MR) is 51.0 cm³/mol. The molecule has 0 saturated carbocycles. The number of rotatable bonds is 2. The van der Waals surface area contributed by atoms with Crippen molar-refractivity contribution in [2.75, 3.05) is 5.32 Å². The highest BCUT2D eigenvalue weighted by atomic mass is 16.5. The summed E-state index contributed by atoms with van der Waals surface area (Å²) in [5.41, 5.74) is 0. The number of nitrogens with one attached hydrogen (secondary N) is 2. The summed E-state index contributed by atoms with van der Waals surface area (Å²) in [4.78, 5) is 15.7. The quantitative estimate of drug-likeness (QED) is 0.733. The van der Waals surface area contributed by atoms with Crippen molar-refractivity contribution < 1.29 is 9.53 Å². The maximum absolute atomic E-state index is 11.8. The van der Waals surface area contributed by atoms with Crippen LogP contribution in [0.25, 0.3) is 0 Å². The van der Waals surface area contributed by atoms with Crippen molar-refractivity contribution >= 4 is 11.9 Å². The van der Waals surface area contributed by atoms with E-state index in [-0.39, 0.29) is 17.9 Å². The van der Waals surface area contributed by atoms with Crippen molar-refractivity contribution in [3.05, 3.63) is 6.33 Å². The first-order chi connectivity index (χ1) is 7.33. The van der Waals surface area contributed by atoms with E-state index in [2.05, 4.69) is 20.5 Å². The third-order valence-corrected chi connectivity index (χ3v) is 3.10. The molecule has 3 unspecified atom stereocenters. The Morgan fingerprint density at radius 3 is 3.13 bits per heavy atom. The van der Waals surface area contributed by atoms with Crippen molar-refractivity contribution in [1.29, 1.82) is 0 Å². The molecule has 1 aromatic heterocycles. The molecule has 80 valence electrons. The Bertz CT molecular complexity index is 364. The van der Waals surface area contributed by atoms with Gasteiger partial charge in [-0.2, -0.15) is 10.1 Å². The Balaban J connectivity index is 1.66. The van der Waals surface area contributed by atoms with Crippen LogP contribution in [0.5, 0.6) is 0 Å². The molecule has 2 saturated heterocycles. The van der Waals surface area contributed by atoms with Gasteiger partial charge in [0.1, 0.15) is 6.33 Å². The van der Waals surface area contributed by atoms with Crippen LogP contribution in [0, 0.1) is 5.92 Å². The summed E-state index contributed by atoms with van der Waals surface area (Å²) in [6.45, 7) is 0. The summed E-state index contributed by atoms with van der Waals surface area (Å²) in [7, 11) is 0. The van der Waals surface area contributed by atoms with E-state index in [9.17, 15) is 4.79 Å². The summed E-state index contributed by atoms with van der Waals surface area (Å²) in [5.74, 6) is 0.371. The topological polar surface area (TPSA) is 79.9 Å². The lowest BCUT2D eigenvalue weighted by Gasteiger charge is -2.16. The number of aromatic amines is 1. The number of carbonyl (C=O) groups is 1. The van der Waals surface area contributed by atoms with Gasteiger partial charge in [-0.25, -0.2) is 5.10 Å². The summed E-state index contributed by atoms with van der Waals surface area (Å²) in [6.07, 6.45) is 4.70. The molecule has 3 heterocycles. The number of anilines is 1. The Morgan fingerprint density at radius 2 is 2.53 bits per heavy atom. The Morgan fingerprint density at radius 1 is 1.60 bits per heavy atom. The first-order valence-corrected chi connectivity index (χ1v) is 5.14. The fourth-order valence-corrected chi connectivity index (χ4v) is 2.39. The molecule has 2 N–H and O–H groups in total. The van der Waals surface area contributed by atoms with Gasteiger partial charge in [0, 0.05) is 0 Å². The molecule has 2 fully saturated rings. The lowest BCUT2D eigenvalue weighted by molar-refractivity contribution is -0.121. The number of carbonyl (C=O) groups excluding carboxylic acids is 1. The van der Waals surface area contributed by atoms with E-state index in [1.165, 1.54) is 6.33 Å². The summed E-state index contributed by atoms with van der Waals surface area (Å²) in [5, 5.41) is 8.97. The van der Waals surface area contributed by atoms with Crippen LogP contribution in [-0.2, 0) is 9.53 Å². The summed E-state index contributed by atoms with van der Waals surface area (Å²) in [6, 6.07) is 0. The zero-order valence-corrected chi connectivity index (χ0v) is 8.14. The normalized spacial score (nSPS) is 33.2. The number of H-pyrrole nitrogens is 1. The zero-order chi connectivity index (χ0) is 10.3. The lowest BCUT2D eigenvalue weighted by atomic mass is 9.89. The molecule has 3 atom stereocenters. The van der Waals surface area contributed by atoms with E-state index in [0.29, 0.717) is 12.1 Å². The third kappa shape index (κ3) is 1.50. The van der Waals surface area contributed by atoms with Gasteiger partial charge in [-0.05, 0) is 19.3 Å². The highest BCUT2D eigenvalue weighted by Crippen LogP contribution is 2.39. The number of fused-ring (bicyclic) bond motifs is 2. The van der Waals surface area contributed by atoms with Gasteiger partial charge in [0.25, 0.3) is 0 Å². The molecular weight excluding hydrogens is 196 g/mol. The number of aromatic nitrogens is 3. The molecule has 0 aromatic carbocycles. The molecule has 2 aliphatic rings. The van der Waals surface area contributed by atoms with Gasteiger partial charge in [-0.15, -0.1) is 0 Å². The summed E-state index contributed by atoms with van der Waals surface area (Å²) < 4.78 is 5.62. The van der Waals surface area contributed by atoms with E-state index < -0.39 is 0 Å². The van der Waals surface area contributed by atoms with Crippen LogP contribution < -0.4 is 5.32 Å². The minimum absolute atomic E-state index is 0.0149. The molecule has 0 aliphatic carbocycles. The van der Waals surface area contributed by atoms with E-state index in [0.717, 1.165) is 19.3 Å². The van der Waals surface area contributed by atoms with Gasteiger partial charge in [0.2, 0.25) is 11.9 Å². The van der Waals surface area contributed by atoms with Gasteiger partial charge in [0.15, 0.2) is 0 Å². The van der Waals surface area contributed by atoms with Gasteiger partial charge in [-0.3, -0.25) is 10.1 Å². The zero-order valence-electron chi connectivity index (χ0n) is 8.14. The number of ether oxygens (including phenoxy) is 1. The minimum atomic E-state index is -0.0196. The van der Waals surface area contributed by atoms with Crippen LogP contribution >= 0.6 is 0 Å². The van der Waals surface area contributed by atoms with Gasteiger partial charge in [-0.1, -0.05) is 0 Å². The second-order valence-electron chi connectivity index (χ2n) is 4.04. The summed E-state index contributed by atoms with van der Waals surface area (Å²) >= 11 is 0. The molecule has 2 aliphatic heterocycles. The van der Waals surface area contributed by atoms with Crippen LogP contribution in [0.15, 0.2) is 6.33 Å². The smallest absolute Gasteiger partial charge is 0.232 e. The molecular formula is C9H12N4O2. The molecule has 1 aromatic rings. The maximum Gasteiger partial charge on any atom is 0.232 e. The van der Waals surface area contributed by atoms with Gasteiger partial charge < -0.3 is 4.74 Å². The van der Waals surface area contributed by atoms with Gasteiger partial charge in [0.05, 0.1) is 18.1 Å². The molecule has 15 heavy (non-hydrogen) atoms. The standard InChI is InChI=1S/C9H12N4O2/c14-8(12-9-10-4-11-13-9)6-3-5-1-2-7(6)15-5/h4-7H,1-3H2,(H2,10,11,12,13,14). The molecule has 6 nitrogen and oxygen atoms in total. The van der Waals surface area contributed by atoms with Crippen LogP contribution in [-0.4, -0.2) is 33.3 Å². The van der Waals surface area contributed by atoms with Crippen LogP contribution in [0.4, 0.5) is 5.95 Å². The van der Waals surface area contributed by atoms with Crippen molar-refractivity contribution in [1.82, 2.24) is 15.2 Å². The average Bonchev–Trinajstić information content (AvgIpc) is 2.93. The highest BCUT2D eigenvalue weighted by molar-refractivity contribution is 5.91. The Hall–Kier alpha value is -1.43. The third-order valence-electron chi connectivity index (χ3n) is 3.10. The van der Waals surface area contributed by atoms with E-state index in [1.807, 2.05) is 0 Å². The maximum atomic E-state index is 11.8. The highest BCUT2D eigenvalue weighted by Gasteiger charge is 2.44. The number of hydrogen-bond donors (Lipinski definition) is 2. The van der Waals surface area contributed by atoms with E-state index >= 15 is 0 Å². The van der Waals surface area contributed by atoms with E-state index in [4.69, 9.17) is 4.74 Å². The first-order valence-electron chi connectivity index (χ1n) is 5.14. The van der Waals surface area contributed by atoms with Crippen LogP contribution in [0.3, 0.4) is 0 Å². The molecule has 1 amide bonds. The Labute approximate surface area is 86.4 Å². The second-order valence-corrected chi connectivity index (χ2v) is 4.04. The molecule has 6 heteroatoms. The fourth-order valence-electron chi connectivity index (χ4n) is 2.39. The van der Waals surface area contributed by atoms with E-state index in [1.54, 1.807) is 0 Å². The minimum Gasteiger partial charge on any atom is -0.374 e. The molecule has 0 radical (unpaired) electrons. The lowest BCUT2D eigenvalue weighted by Crippen LogP contribution is -2.30. The second kappa shape index (κ2) is 3.30. The van der Waals surface area contributed by atoms with Gasteiger partial charge >= 0.3 is 0 Å². The SMILES string of the molecule is O=C(Nc1ncn[nH]1)C1CC2CCC1O2. The molecule has 0 spiro atoms. The molecule has 2 bridgehead atoms. The molecule has 3 rings (SSSR count). The largest absolute Gasteiger partial charge is 0.374 e. The van der Waals surface area contributed by atoms with Crippen molar-refractivity contribution in [2.24, 2.45) is 5.92 Å². The van der Waals surface area contributed by atoms with Crippen molar-refractivity contribution in [2.45, 2.75) is 31.5 Å². The number of hydrogen-bond acceptors (Lipinski definition) is 4. The number of nitrogens with zero attached hydrogens (tertiary/aromatic N) is 2. The van der Waals surface area contributed by atoms with Crippen molar-refractivity contribution in [3.8, 4) is 0 Å². The van der Waals surface area contributed by atoms with Crippen LogP contribution in [0.1, 0.15) is 19.3 Å². The number of amides is 1. The predicted octanol–water partition coefficient (Wildman–Crippen LogP) is 0.311. The van der Waals surface area contributed by atoms with Crippen LogP contribution in [0.2, 0.25) is 0 Å². The first kappa shape index (κ1) is 8.84. The van der Waals surface area contributed by atoms with Crippen molar-refractivity contribution in [3.63, 3.8) is 0 Å².